The summed E-state index contributed by atoms with van der Waals surface area (Å²) in [5.74, 6) is 1.90. The van der Waals surface area contributed by atoms with Crippen molar-refractivity contribution in [3.63, 3.8) is 0 Å². The summed E-state index contributed by atoms with van der Waals surface area (Å²) in [4.78, 5) is 4.34. The molecule has 0 unspecified atom stereocenters. The van der Waals surface area contributed by atoms with Crippen molar-refractivity contribution in [2.45, 2.75) is 40.0 Å². The highest BCUT2D eigenvalue weighted by molar-refractivity contribution is 5.02. The summed E-state index contributed by atoms with van der Waals surface area (Å²) in [6, 6.07) is 0. The lowest BCUT2D eigenvalue weighted by molar-refractivity contribution is 0.556. The first-order valence-corrected chi connectivity index (χ1v) is 6.92. The Morgan fingerprint density at radius 1 is 1.50 bits per heavy atom. The van der Waals surface area contributed by atoms with Crippen LogP contribution >= 0.6 is 0 Å². The Morgan fingerprint density at radius 3 is 2.89 bits per heavy atom. The molecule has 102 valence electrons. The number of nitrogens with zero attached hydrogens (tertiary/aromatic N) is 2. The van der Waals surface area contributed by atoms with E-state index in [1.165, 1.54) is 11.4 Å². The molecule has 0 aromatic carbocycles. The number of hydrogen-bond acceptors (Lipinski definition) is 2. The second-order valence-corrected chi connectivity index (χ2v) is 5.39. The van der Waals surface area contributed by atoms with Gasteiger partial charge in [-0.1, -0.05) is 25.5 Å². The van der Waals surface area contributed by atoms with Crippen molar-refractivity contribution in [1.29, 1.82) is 0 Å². The number of rotatable bonds is 8. The summed E-state index contributed by atoms with van der Waals surface area (Å²) in [6.45, 7) is 8.88. The second-order valence-electron chi connectivity index (χ2n) is 5.39. The predicted molar refractivity (Wildman–Crippen MR) is 77.6 cm³/mol. The van der Waals surface area contributed by atoms with Crippen molar-refractivity contribution >= 4 is 0 Å². The van der Waals surface area contributed by atoms with Gasteiger partial charge in [0.2, 0.25) is 0 Å². The van der Waals surface area contributed by atoms with Gasteiger partial charge in [-0.25, -0.2) is 4.98 Å². The molecule has 1 aromatic rings. The van der Waals surface area contributed by atoms with Gasteiger partial charge in [0.05, 0.1) is 0 Å². The van der Waals surface area contributed by atoms with Crippen molar-refractivity contribution in [2.75, 3.05) is 13.1 Å². The first-order chi connectivity index (χ1) is 8.59. The maximum absolute atomic E-state index is 4.34. The van der Waals surface area contributed by atoms with Crippen molar-refractivity contribution in [2.24, 2.45) is 13.0 Å². The number of allylic oxidation sites excluding steroid dienone is 1. The van der Waals surface area contributed by atoms with E-state index in [-0.39, 0.29) is 0 Å². The topological polar surface area (TPSA) is 29.9 Å². The normalized spacial score (nSPS) is 12.4. The molecule has 0 spiro atoms. The van der Waals surface area contributed by atoms with E-state index in [1.54, 1.807) is 0 Å². The molecule has 3 heteroatoms. The SMILES string of the molecule is C/C(=C/CCNCC(C)C)CCc1nccn1C. The van der Waals surface area contributed by atoms with Crippen molar-refractivity contribution in [3.8, 4) is 0 Å². The van der Waals surface area contributed by atoms with Crippen molar-refractivity contribution < 1.29 is 0 Å². The molecule has 1 rings (SSSR count). The molecule has 1 heterocycles. The molecule has 1 aromatic heterocycles. The van der Waals surface area contributed by atoms with E-state index in [0.717, 1.165) is 38.3 Å². The lowest BCUT2D eigenvalue weighted by Crippen LogP contribution is -2.20. The zero-order chi connectivity index (χ0) is 13.4. The number of aromatic nitrogens is 2. The van der Waals surface area contributed by atoms with Crippen molar-refractivity contribution in [3.05, 3.63) is 29.9 Å². The summed E-state index contributed by atoms with van der Waals surface area (Å²) < 4.78 is 2.09. The Hall–Kier alpha value is -1.09. The first kappa shape index (κ1) is 15.0. The molecular formula is C15H27N3. The van der Waals surface area contributed by atoms with Gasteiger partial charge >= 0.3 is 0 Å². The summed E-state index contributed by atoms with van der Waals surface area (Å²) >= 11 is 0. The van der Waals surface area contributed by atoms with E-state index in [1.807, 2.05) is 12.4 Å². The Labute approximate surface area is 111 Å². The Kier molecular flexibility index (Phi) is 6.73. The zero-order valence-corrected chi connectivity index (χ0v) is 12.2. The monoisotopic (exact) mass is 249 g/mol. The van der Waals surface area contributed by atoms with Crippen LogP contribution in [-0.2, 0) is 13.5 Å². The van der Waals surface area contributed by atoms with Crippen LogP contribution < -0.4 is 5.32 Å². The van der Waals surface area contributed by atoms with Crippen molar-refractivity contribution in [1.82, 2.24) is 14.9 Å². The fraction of sp³-hybridized carbons (Fsp3) is 0.667. The number of imidazole rings is 1. The molecule has 0 atom stereocenters. The van der Waals surface area contributed by atoms with E-state index in [2.05, 4.69) is 48.8 Å². The van der Waals surface area contributed by atoms with Gasteiger partial charge in [-0.3, -0.25) is 0 Å². The molecule has 0 aliphatic rings. The third-order valence-corrected chi connectivity index (χ3v) is 3.03. The van der Waals surface area contributed by atoms with Crippen LogP contribution in [0.5, 0.6) is 0 Å². The summed E-state index contributed by atoms with van der Waals surface area (Å²) in [5.41, 5.74) is 1.46. The molecule has 0 saturated carbocycles. The number of nitrogens with one attached hydrogen (secondary N) is 1. The molecule has 3 nitrogen and oxygen atoms in total. The van der Waals surface area contributed by atoms with Gasteiger partial charge in [-0.2, -0.15) is 0 Å². The average molecular weight is 249 g/mol. The molecule has 0 aliphatic heterocycles. The molecule has 1 N–H and O–H groups in total. The standard InChI is InChI=1S/C15H27N3/c1-13(2)12-16-9-5-6-14(3)7-8-15-17-10-11-18(15)4/h6,10-11,13,16H,5,7-9,12H2,1-4H3/b14-6-. The molecule has 0 radical (unpaired) electrons. The van der Waals surface area contributed by atoms with Crippen LogP contribution in [0, 0.1) is 5.92 Å². The highest BCUT2D eigenvalue weighted by atomic mass is 15.0. The summed E-state index contributed by atoms with van der Waals surface area (Å²) in [5, 5.41) is 3.46. The highest BCUT2D eigenvalue weighted by Gasteiger charge is 1.99. The van der Waals surface area contributed by atoms with Crippen LogP contribution in [-0.4, -0.2) is 22.6 Å². The molecule has 18 heavy (non-hydrogen) atoms. The fourth-order valence-electron chi connectivity index (χ4n) is 1.86. The predicted octanol–water partition coefficient (Wildman–Crippen LogP) is 2.93. The van der Waals surface area contributed by atoms with Crippen LogP contribution in [0.4, 0.5) is 0 Å². The van der Waals surface area contributed by atoms with Gasteiger partial charge in [0.1, 0.15) is 5.82 Å². The Bertz CT molecular complexity index is 364. The van der Waals surface area contributed by atoms with Crippen LogP contribution in [0.2, 0.25) is 0 Å². The van der Waals surface area contributed by atoms with E-state index >= 15 is 0 Å². The zero-order valence-electron chi connectivity index (χ0n) is 12.2. The Morgan fingerprint density at radius 2 is 2.28 bits per heavy atom. The lowest BCUT2D eigenvalue weighted by atomic mass is 10.1. The number of aryl methyl sites for hydroxylation is 2. The second kappa shape index (κ2) is 8.09. The van der Waals surface area contributed by atoms with E-state index in [4.69, 9.17) is 0 Å². The molecular weight excluding hydrogens is 222 g/mol. The third-order valence-electron chi connectivity index (χ3n) is 3.03. The average Bonchev–Trinajstić information content (AvgIpc) is 2.71. The van der Waals surface area contributed by atoms with E-state index in [9.17, 15) is 0 Å². The minimum Gasteiger partial charge on any atom is -0.338 e. The molecule has 0 aliphatic carbocycles. The smallest absolute Gasteiger partial charge is 0.108 e. The molecule has 0 saturated heterocycles. The molecule has 0 amide bonds. The van der Waals surface area contributed by atoms with Gasteiger partial charge in [-0.05, 0) is 38.8 Å². The van der Waals surface area contributed by atoms with E-state index in [0.29, 0.717) is 0 Å². The minimum absolute atomic E-state index is 0.735. The van der Waals surface area contributed by atoms with Gasteiger partial charge in [0, 0.05) is 25.9 Å². The van der Waals surface area contributed by atoms with Crippen LogP contribution in [0.15, 0.2) is 24.0 Å². The van der Waals surface area contributed by atoms with Crippen LogP contribution in [0.3, 0.4) is 0 Å². The maximum atomic E-state index is 4.34. The quantitative estimate of drug-likeness (QED) is 0.567. The van der Waals surface area contributed by atoms with Crippen LogP contribution in [0.25, 0.3) is 0 Å². The maximum Gasteiger partial charge on any atom is 0.108 e. The molecule has 0 fully saturated rings. The third kappa shape index (κ3) is 6.01. The first-order valence-electron chi connectivity index (χ1n) is 6.92. The van der Waals surface area contributed by atoms with Crippen LogP contribution in [0.1, 0.15) is 39.4 Å². The summed E-state index contributed by atoms with van der Waals surface area (Å²) in [7, 11) is 2.05. The van der Waals surface area contributed by atoms with Gasteiger partial charge in [-0.15, -0.1) is 0 Å². The van der Waals surface area contributed by atoms with Gasteiger partial charge < -0.3 is 9.88 Å². The van der Waals surface area contributed by atoms with Gasteiger partial charge in [0.25, 0.3) is 0 Å². The van der Waals surface area contributed by atoms with E-state index < -0.39 is 0 Å². The fourth-order valence-corrected chi connectivity index (χ4v) is 1.86. The van der Waals surface area contributed by atoms with Gasteiger partial charge in [0.15, 0.2) is 0 Å². The molecule has 0 bridgehead atoms. The summed E-state index contributed by atoms with van der Waals surface area (Å²) in [6.07, 6.45) is 9.48. The largest absolute Gasteiger partial charge is 0.338 e. The minimum atomic E-state index is 0.735. The lowest BCUT2D eigenvalue weighted by Gasteiger charge is -2.06. The Balaban J connectivity index is 2.16. The number of hydrogen-bond donors (Lipinski definition) is 1. The highest BCUT2D eigenvalue weighted by Crippen LogP contribution is 2.07.